The summed E-state index contributed by atoms with van der Waals surface area (Å²) >= 11 is 0. The zero-order valence-electron chi connectivity index (χ0n) is 11.5. The first-order valence-electron chi connectivity index (χ1n) is 6.05. The van der Waals surface area contributed by atoms with Gasteiger partial charge in [-0.15, -0.1) is 0 Å². The van der Waals surface area contributed by atoms with E-state index in [0.717, 1.165) is 0 Å². The highest BCUT2D eigenvalue weighted by molar-refractivity contribution is 5.89. The summed E-state index contributed by atoms with van der Waals surface area (Å²) in [6.45, 7) is 1.89. The summed E-state index contributed by atoms with van der Waals surface area (Å²) in [5, 5.41) is 4.03. The van der Waals surface area contributed by atoms with Crippen molar-refractivity contribution in [3.05, 3.63) is 40.4 Å². The molecule has 0 aliphatic heterocycles. The van der Waals surface area contributed by atoms with Gasteiger partial charge in [-0.25, -0.2) is 9.48 Å². The van der Waals surface area contributed by atoms with E-state index in [-0.39, 0.29) is 12.2 Å². The molecule has 0 aliphatic carbocycles. The largest absolute Gasteiger partial charge is 0.491 e. The van der Waals surface area contributed by atoms with Gasteiger partial charge in [0.15, 0.2) is 11.6 Å². The Bertz CT molecular complexity index is 687. The zero-order chi connectivity index (χ0) is 14.7. The van der Waals surface area contributed by atoms with E-state index < -0.39 is 11.5 Å². The second-order valence-electron chi connectivity index (χ2n) is 3.98. The van der Waals surface area contributed by atoms with Crippen molar-refractivity contribution in [1.82, 2.24) is 14.3 Å². The number of aryl methyl sites for hydroxylation is 1. The summed E-state index contributed by atoms with van der Waals surface area (Å²) in [5.74, 6) is 0.243. The van der Waals surface area contributed by atoms with Crippen molar-refractivity contribution < 1.29 is 14.3 Å². The van der Waals surface area contributed by atoms with Crippen molar-refractivity contribution in [2.45, 2.75) is 6.92 Å². The SMILES string of the molecule is CCOC(=O)c1cccn(-c2c(OC)cnn2C)c1=O. The molecule has 106 valence electrons. The first kappa shape index (κ1) is 13.9. The minimum atomic E-state index is -0.645. The van der Waals surface area contributed by atoms with Crippen LogP contribution < -0.4 is 10.3 Å². The second kappa shape index (κ2) is 5.60. The summed E-state index contributed by atoms with van der Waals surface area (Å²) in [7, 11) is 3.17. The van der Waals surface area contributed by atoms with E-state index in [1.807, 2.05) is 0 Å². The molecule has 2 aromatic heterocycles. The van der Waals surface area contributed by atoms with Crippen molar-refractivity contribution in [2.75, 3.05) is 13.7 Å². The molecule has 0 amide bonds. The van der Waals surface area contributed by atoms with Crippen molar-refractivity contribution >= 4 is 5.97 Å². The molecule has 2 aromatic rings. The zero-order valence-corrected chi connectivity index (χ0v) is 11.5. The summed E-state index contributed by atoms with van der Waals surface area (Å²) in [6, 6.07) is 3.03. The molecular formula is C13H15N3O4. The van der Waals surface area contributed by atoms with Gasteiger partial charge in [-0.3, -0.25) is 9.36 Å². The van der Waals surface area contributed by atoms with E-state index >= 15 is 0 Å². The maximum atomic E-state index is 12.4. The van der Waals surface area contributed by atoms with E-state index in [1.54, 1.807) is 26.2 Å². The molecule has 2 rings (SSSR count). The summed E-state index contributed by atoms with van der Waals surface area (Å²) < 4.78 is 12.8. The van der Waals surface area contributed by atoms with Crippen LogP contribution in [0, 0.1) is 0 Å². The van der Waals surface area contributed by atoms with Crippen LogP contribution in [0.15, 0.2) is 29.3 Å². The van der Waals surface area contributed by atoms with Gasteiger partial charge < -0.3 is 9.47 Å². The highest BCUT2D eigenvalue weighted by Gasteiger charge is 2.18. The summed E-state index contributed by atoms with van der Waals surface area (Å²) in [5.41, 5.74) is -0.509. The molecule has 0 fully saturated rings. The van der Waals surface area contributed by atoms with E-state index in [0.29, 0.717) is 11.6 Å². The molecule has 0 aliphatic rings. The molecule has 7 heteroatoms. The van der Waals surface area contributed by atoms with Crippen LogP contribution in [0.25, 0.3) is 5.82 Å². The maximum Gasteiger partial charge on any atom is 0.343 e. The fraction of sp³-hybridized carbons (Fsp3) is 0.308. The van der Waals surface area contributed by atoms with Gasteiger partial charge in [0.05, 0.1) is 19.9 Å². The Kier molecular flexibility index (Phi) is 3.88. The monoisotopic (exact) mass is 277 g/mol. The lowest BCUT2D eigenvalue weighted by Gasteiger charge is -2.09. The van der Waals surface area contributed by atoms with Crippen molar-refractivity contribution in [3.63, 3.8) is 0 Å². The fourth-order valence-corrected chi connectivity index (χ4v) is 1.85. The first-order valence-corrected chi connectivity index (χ1v) is 6.05. The second-order valence-corrected chi connectivity index (χ2v) is 3.98. The van der Waals surface area contributed by atoms with Crippen LogP contribution in [-0.2, 0) is 11.8 Å². The molecule has 7 nitrogen and oxygen atoms in total. The average molecular weight is 277 g/mol. The molecule has 0 bridgehead atoms. The minimum Gasteiger partial charge on any atom is -0.491 e. The Morgan fingerprint density at radius 2 is 2.20 bits per heavy atom. The van der Waals surface area contributed by atoms with Crippen LogP contribution in [0.4, 0.5) is 0 Å². The van der Waals surface area contributed by atoms with Crippen LogP contribution in [-0.4, -0.2) is 34.0 Å². The lowest BCUT2D eigenvalue weighted by Crippen LogP contribution is -2.27. The van der Waals surface area contributed by atoms with Crippen LogP contribution >= 0.6 is 0 Å². The van der Waals surface area contributed by atoms with Crippen molar-refractivity contribution in [2.24, 2.45) is 7.05 Å². The quantitative estimate of drug-likeness (QED) is 0.771. The van der Waals surface area contributed by atoms with Gasteiger partial charge >= 0.3 is 5.97 Å². The Balaban J connectivity index is 2.59. The summed E-state index contributed by atoms with van der Waals surface area (Å²) in [4.78, 5) is 24.1. The van der Waals surface area contributed by atoms with Crippen LogP contribution in [0.1, 0.15) is 17.3 Å². The number of esters is 1. The van der Waals surface area contributed by atoms with E-state index in [1.165, 1.54) is 28.6 Å². The van der Waals surface area contributed by atoms with Gasteiger partial charge in [0.1, 0.15) is 5.56 Å². The third-order valence-electron chi connectivity index (χ3n) is 2.77. The van der Waals surface area contributed by atoms with Crippen LogP contribution in [0.3, 0.4) is 0 Å². The third kappa shape index (κ3) is 2.29. The number of hydrogen-bond donors (Lipinski definition) is 0. The number of methoxy groups -OCH3 is 1. The van der Waals surface area contributed by atoms with E-state index in [9.17, 15) is 9.59 Å². The number of pyridine rings is 1. The third-order valence-corrected chi connectivity index (χ3v) is 2.77. The standard InChI is InChI=1S/C13H15N3O4/c1-4-20-13(18)9-6-5-7-16(12(9)17)11-10(19-3)8-14-15(11)2/h5-8H,4H2,1-3H3. The molecule has 0 spiro atoms. The van der Waals surface area contributed by atoms with Crippen LogP contribution in [0.5, 0.6) is 5.75 Å². The Morgan fingerprint density at radius 1 is 1.45 bits per heavy atom. The normalized spacial score (nSPS) is 10.3. The highest BCUT2D eigenvalue weighted by Crippen LogP contribution is 2.19. The van der Waals surface area contributed by atoms with E-state index in [2.05, 4.69) is 5.10 Å². The van der Waals surface area contributed by atoms with Gasteiger partial charge in [-0.2, -0.15) is 5.10 Å². The number of hydrogen-bond acceptors (Lipinski definition) is 5. The number of carbonyl (C=O) groups excluding carboxylic acids is 1. The Labute approximate surface area is 115 Å². The molecule has 0 saturated carbocycles. The topological polar surface area (TPSA) is 75.3 Å². The van der Waals surface area contributed by atoms with Crippen molar-refractivity contribution in [3.8, 4) is 11.6 Å². The molecule has 0 N–H and O–H groups in total. The predicted molar refractivity (Wildman–Crippen MR) is 71.3 cm³/mol. The van der Waals surface area contributed by atoms with Crippen LogP contribution in [0.2, 0.25) is 0 Å². The van der Waals surface area contributed by atoms with Gasteiger partial charge in [-0.1, -0.05) is 0 Å². The molecule has 0 aromatic carbocycles. The first-order chi connectivity index (χ1) is 9.60. The van der Waals surface area contributed by atoms with E-state index in [4.69, 9.17) is 9.47 Å². The van der Waals surface area contributed by atoms with Gasteiger partial charge in [0, 0.05) is 13.2 Å². The summed E-state index contributed by atoms with van der Waals surface area (Å²) in [6.07, 6.45) is 3.05. The average Bonchev–Trinajstić information content (AvgIpc) is 2.80. The highest BCUT2D eigenvalue weighted by atomic mass is 16.5. The number of ether oxygens (including phenoxy) is 2. The maximum absolute atomic E-state index is 12.4. The van der Waals surface area contributed by atoms with Crippen molar-refractivity contribution in [1.29, 1.82) is 0 Å². The predicted octanol–water partition coefficient (Wildman–Crippen LogP) is 0.756. The number of nitrogens with zero attached hydrogens (tertiary/aromatic N) is 3. The Hall–Kier alpha value is -2.57. The molecule has 20 heavy (non-hydrogen) atoms. The van der Waals surface area contributed by atoms with Gasteiger partial charge in [-0.05, 0) is 19.1 Å². The number of aromatic nitrogens is 3. The lowest BCUT2D eigenvalue weighted by molar-refractivity contribution is 0.0524. The fourth-order valence-electron chi connectivity index (χ4n) is 1.85. The molecular weight excluding hydrogens is 262 g/mol. The Morgan fingerprint density at radius 3 is 2.85 bits per heavy atom. The number of carbonyl (C=O) groups is 1. The molecule has 0 radical (unpaired) electrons. The molecule has 0 saturated heterocycles. The lowest BCUT2D eigenvalue weighted by atomic mass is 10.3. The van der Waals surface area contributed by atoms with Gasteiger partial charge in [0.25, 0.3) is 5.56 Å². The minimum absolute atomic E-state index is 0.0300. The van der Waals surface area contributed by atoms with Gasteiger partial charge in [0.2, 0.25) is 0 Å². The molecule has 0 unspecified atom stereocenters. The molecule has 0 atom stereocenters. The molecule has 2 heterocycles. The smallest absolute Gasteiger partial charge is 0.343 e. The number of rotatable bonds is 4.